The lowest BCUT2D eigenvalue weighted by atomic mass is 10.1. The number of carbonyl (C=O) groups is 2. The highest BCUT2D eigenvalue weighted by molar-refractivity contribution is 5.83. The summed E-state index contributed by atoms with van der Waals surface area (Å²) >= 11 is 0. The Morgan fingerprint density at radius 2 is 1.62 bits per heavy atom. The summed E-state index contributed by atoms with van der Waals surface area (Å²) in [6, 6.07) is 8.44. The lowest BCUT2D eigenvalue weighted by Crippen LogP contribution is -2.36. The number of nitrogens with zero attached hydrogens (tertiary/aromatic N) is 2. The number of hydrogen-bond donors (Lipinski definition) is 1. The maximum atomic E-state index is 11.8. The second-order valence-corrected chi connectivity index (χ2v) is 6.66. The molecule has 0 radical (unpaired) electrons. The second kappa shape index (κ2) is 9.42. The molecular weight excluding hydrogens is 302 g/mol. The Morgan fingerprint density at radius 3 is 2.21 bits per heavy atom. The number of benzene rings is 1. The van der Waals surface area contributed by atoms with E-state index in [0.717, 1.165) is 12.1 Å². The van der Waals surface area contributed by atoms with E-state index in [-0.39, 0.29) is 18.4 Å². The van der Waals surface area contributed by atoms with Crippen LogP contribution in [0.2, 0.25) is 0 Å². The minimum atomic E-state index is -0.138. The van der Waals surface area contributed by atoms with Crippen molar-refractivity contribution in [3.05, 3.63) is 35.4 Å². The molecule has 0 atom stereocenters. The highest BCUT2D eigenvalue weighted by Gasteiger charge is 2.10. The van der Waals surface area contributed by atoms with Crippen LogP contribution in [0, 0.1) is 0 Å². The Balaban J connectivity index is 1.77. The van der Waals surface area contributed by atoms with Gasteiger partial charge in [0.15, 0.2) is 0 Å². The zero-order valence-electron chi connectivity index (χ0n) is 14.9. The van der Waals surface area contributed by atoms with E-state index in [1.54, 1.807) is 7.05 Å². The molecule has 1 N–H and O–H groups in total. The topological polar surface area (TPSA) is 52.7 Å². The highest BCUT2D eigenvalue weighted by Crippen LogP contribution is 2.13. The summed E-state index contributed by atoms with van der Waals surface area (Å²) in [5.74, 6) is -0.246. The quantitative estimate of drug-likeness (QED) is 0.869. The van der Waals surface area contributed by atoms with Crippen LogP contribution in [0.4, 0.5) is 0 Å². The van der Waals surface area contributed by atoms with Crippen LogP contribution >= 0.6 is 0 Å². The molecule has 1 saturated heterocycles. The van der Waals surface area contributed by atoms with Crippen molar-refractivity contribution in [1.82, 2.24) is 15.1 Å². The van der Waals surface area contributed by atoms with Gasteiger partial charge in [-0.25, -0.2) is 0 Å². The third-order valence-corrected chi connectivity index (χ3v) is 4.54. The van der Waals surface area contributed by atoms with Crippen LogP contribution in [0.15, 0.2) is 24.3 Å². The van der Waals surface area contributed by atoms with Crippen molar-refractivity contribution in [3.8, 4) is 0 Å². The molecule has 1 fully saturated rings. The van der Waals surface area contributed by atoms with E-state index >= 15 is 0 Å². The van der Waals surface area contributed by atoms with Crippen molar-refractivity contribution in [3.63, 3.8) is 0 Å². The van der Waals surface area contributed by atoms with E-state index in [2.05, 4.69) is 34.5 Å². The van der Waals surface area contributed by atoms with E-state index in [9.17, 15) is 9.59 Å². The first-order chi connectivity index (χ1) is 11.5. The van der Waals surface area contributed by atoms with Crippen molar-refractivity contribution in [2.75, 3.05) is 26.7 Å². The summed E-state index contributed by atoms with van der Waals surface area (Å²) in [6.07, 6.45) is 5.32. The van der Waals surface area contributed by atoms with Crippen LogP contribution in [0.5, 0.6) is 0 Å². The van der Waals surface area contributed by atoms with Crippen molar-refractivity contribution >= 4 is 11.8 Å². The Morgan fingerprint density at radius 1 is 1.04 bits per heavy atom. The van der Waals surface area contributed by atoms with Gasteiger partial charge in [-0.3, -0.25) is 14.5 Å². The fourth-order valence-electron chi connectivity index (χ4n) is 2.90. The van der Waals surface area contributed by atoms with Gasteiger partial charge in [-0.2, -0.15) is 0 Å². The molecule has 1 aliphatic rings. The van der Waals surface area contributed by atoms with E-state index in [4.69, 9.17) is 0 Å². The molecule has 2 rings (SSSR count). The lowest BCUT2D eigenvalue weighted by molar-refractivity contribution is -0.133. The number of nitrogens with one attached hydrogen (secondary N) is 1. The number of hydrogen-bond acceptors (Lipinski definition) is 3. The Kier molecular flexibility index (Phi) is 7.25. The lowest BCUT2D eigenvalue weighted by Gasteiger charge is -2.20. The highest BCUT2D eigenvalue weighted by atomic mass is 16.2. The van der Waals surface area contributed by atoms with Gasteiger partial charge < -0.3 is 10.2 Å². The third-order valence-electron chi connectivity index (χ3n) is 4.54. The number of amides is 2. The van der Waals surface area contributed by atoms with Gasteiger partial charge in [0.1, 0.15) is 0 Å². The van der Waals surface area contributed by atoms with Gasteiger partial charge in [-0.1, -0.05) is 37.1 Å². The standard InChI is InChI=1S/C19H29N3O2/c1-16(23)21(2)15-19(24)20-13-17-7-9-18(10-8-17)14-22-11-5-3-4-6-12-22/h7-10H,3-6,11-15H2,1-2H3,(H,20,24). The molecule has 132 valence electrons. The first-order valence-electron chi connectivity index (χ1n) is 8.83. The molecule has 2 amide bonds. The fraction of sp³-hybridized carbons (Fsp3) is 0.579. The van der Waals surface area contributed by atoms with Gasteiger partial charge >= 0.3 is 0 Å². The summed E-state index contributed by atoms with van der Waals surface area (Å²) in [4.78, 5) is 26.8. The predicted molar refractivity (Wildman–Crippen MR) is 95.3 cm³/mol. The molecule has 1 aromatic carbocycles. The summed E-state index contributed by atoms with van der Waals surface area (Å²) < 4.78 is 0. The van der Waals surface area contributed by atoms with Crippen molar-refractivity contribution < 1.29 is 9.59 Å². The van der Waals surface area contributed by atoms with Crippen LogP contribution in [-0.2, 0) is 22.7 Å². The van der Waals surface area contributed by atoms with Gasteiger partial charge in [-0.15, -0.1) is 0 Å². The van der Waals surface area contributed by atoms with E-state index < -0.39 is 0 Å². The number of likely N-dealkylation sites (N-methyl/N-ethyl adjacent to an activating group) is 1. The monoisotopic (exact) mass is 331 g/mol. The molecule has 0 saturated carbocycles. The average Bonchev–Trinajstić information content (AvgIpc) is 2.83. The van der Waals surface area contributed by atoms with Crippen molar-refractivity contribution in [1.29, 1.82) is 0 Å². The molecule has 0 spiro atoms. The molecular formula is C19H29N3O2. The number of carbonyl (C=O) groups excluding carboxylic acids is 2. The zero-order valence-corrected chi connectivity index (χ0v) is 14.9. The van der Waals surface area contributed by atoms with Crippen LogP contribution in [-0.4, -0.2) is 48.3 Å². The summed E-state index contributed by atoms with van der Waals surface area (Å²) in [7, 11) is 1.62. The Bertz CT molecular complexity index is 534. The van der Waals surface area contributed by atoms with Crippen LogP contribution in [0.25, 0.3) is 0 Å². The normalized spacial score (nSPS) is 15.6. The van der Waals surface area contributed by atoms with Gasteiger partial charge in [0, 0.05) is 27.1 Å². The van der Waals surface area contributed by atoms with Gasteiger partial charge in [-0.05, 0) is 37.1 Å². The first kappa shape index (κ1) is 18.5. The summed E-state index contributed by atoms with van der Waals surface area (Å²) in [6.45, 7) is 5.45. The molecule has 1 heterocycles. The molecule has 0 unspecified atom stereocenters. The van der Waals surface area contributed by atoms with Gasteiger partial charge in [0.2, 0.25) is 11.8 Å². The van der Waals surface area contributed by atoms with Crippen molar-refractivity contribution in [2.24, 2.45) is 0 Å². The van der Waals surface area contributed by atoms with Crippen LogP contribution < -0.4 is 5.32 Å². The Hall–Kier alpha value is -1.88. The minimum absolute atomic E-state index is 0.0996. The summed E-state index contributed by atoms with van der Waals surface area (Å²) in [5, 5.41) is 2.85. The van der Waals surface area contributed by atoms with E-state index in [1.165, 1.54) is 56.2 Å². The molecule has 1 aromatic rings. The van der Waals surface area contributed by atoms with Gasteiger partial charge in [0.05, 0.1) is 6.54 Å². The summed E-state index contributed by atoms with van der Waals surface area (Å²) in [5.41, 5.74) is 2.40. The van der Waals surface area contributed by atoms with Crippen LogP contribution in [0.1, 0.15) is 43.7 Å². The molecule has 0 aromatic heterocycles. The van der Waals surface area contributed by atoms with E-state index in [0.29, 0.717) is 6.54 Å². The van der Waals surface area contributed by atoms with Crippen LogP contribution in [0.3, 0.4) is 0 Å². The third kappa shape index (κ3) is 6.32. The molecule has 5 nitrogen and oxygen atoms in total. The van der Waals surface area contributed by atoms with Gasteiger partial charge in [0.25, 0.3) is 0 Å². The maximum absolute atomic E-state index is 11.8. The smallest absolute Gasteiger partial charge is 0.239 e. The second-order valence-electron chi connectivity index (χ2n) is 6.66. The number of likely N-dealkylation sites (tertiary alicyclic amines) is 1. The maximum Gasteiger partial charge on any atom is 0.239 e. The van der Waals surface area contributed by atoms with E-state index in [1.807, 2.05) is 0 Å². The molecule has 1 aliphatic heterocycles. The SMILES string of the molecule is CC(=O)N(C)CC(=O)NCc1ccc(CN2CCCCCC2)cc1. The van der Waals surface area contributed by atoms with Crippen molar-refractivity contribution in [2.45, 2.75) is 45.7 Å². The predicted octanol–water partition coefficient (Wildman–Crippen LogP) is 2.16. The zero-order chi connectivity index (χ0) is 17.4. The first-order valence-corrected chi connectivity index (χ1v) is 8.83. The number of rotatable bonds is 6. The average molecular weight is 331 g/mol. The molecule has 0 aliphatic carbocycles. The minimum Gasteiger partial charge on any atom is -0.350 e. The fourth-order valence-corrected chi connectivity index (χ4v) is 2.90. The molecule has 0 bridgehead atoms. The molecule has 24 heavy (non-hydrogen) atoms. The Labute approximate surface area is 145 Å². The molecule has 5 heteroatoms. The largest absolute Gasteiger partial charge is 0.350 e.